The van der Waals surface area contributed by atoms with E-state index in [1.54, 1.807) is 36.0 Å². The number of thioether (sulfide) groups is 1. The fourth-order valence-electron chi connectivity index (χ4n) is 2.11. The highest BCUT2D eigenvalue weighted by atomic mass is 35.5. The molecule has 1 amide bonds. The third-order valence-electron chi connectivity index (χ3n) is 3.24. The Kier molecular flexibility index (Phi) is 7.27. The number of nitrogens with zero attached hydrogens (tertiary/aromatic N) is 3. The molecule has 0 radical (unpaired) electrons. The van der Waals surface area contributed by atoms with Crippen LogP contribution in [-0.2, 0) is 14.8 Å². The second-order valence-corrected chi connectivity index (χ2v) is 10.0. The molecule has 142 valence electrons. The number of hydrogen-bond acceptors (Lipinski definition) is 7. The predicted octanol–water partition coefficient (Wildman–Crippen LogP) is 3.49. The summed E-state index contributed by atoms with van der Waals surface area (Å²) >= 11 is 8.67. The number of carbonyl (C=O) groups excluding carboxylic acids is 1. The van der Waals surface area contributed by atoms with Crippen LogP contribution in [-0.4, -0.2) is 42.6 Å². The second-order valence-electron chi connectivity index (χ2n) is 5.42. The van der Waals surface area contributed by atoms with Crippen LogP contribution in [0.15, 0.2) is 28.6 Å². The van der Waals surface area contributed by atoms with Crippen molar-refractivity contribution in [3.8, 4) is 0 Å². The fourth-order valence-corrected chi connectivity index (χ4v) is 5.10. The van der Waals surface area contributed by atoms with Crippen molar-refractivity contribution >= 4 is 61.4 Å². The van der Waals surface area contributed by atoms with E-state index in [0.717, 1.165) is 27.1 Å². The van der Waals surface area contributed by atoms with Crippen molar-refractivity contribution in [2.45, 2.75) is 30.6 Å². The van der Waals surface area contributed by atoms with Crippen molar-refractivity contribution in [3.63, 3.8) is 0 Å². The molecular formula is C15H19ClN4O3S3. The lowest BCUT2D eigenvalue weighted by Crippen LogP contribution is -2.45. The molecule has 0 unspecified atom stereocenters. The molecule has 1 aromatic heterocycles. The number of amides is 1. The topological polar surface area (TPSA) is 92.3 Å². The van der Waals surface area contributed by atoms with Gasteiger partial charge in [0.15, 0.2) is 4.34 Å². The Labute approximate surface area is 166 Å². The number of carbonyl (C=O) groups is 1. The zero-order valence-corrected chi connectivity index (χ0v) is 17.7. The van der Waals surface area contributed by atoms with Crippen LogP contribution in [0, 0.1) is 0 Å². The maximum atomic E-state index is 12.6. The third kappa shape index (κ3) is 5.57. The number of aromatic nitrogens is 2. The van der Waals surface area contributed by atoms with Crippen LogP contribution in [0.5, 0.6) is 0 Å². The first-order valence-electron chi connectivity index (χ1n) is 7.74. The van der Waals surface area contributed by atoms with Gasteiger partial charge in [-0.3, -0.25) is 14.4 Å². The van der Waals surface area contributed by atoms with E-state index in [2.05, 4.69) is 22.4 Å². The van der Waals surface area contributed by atoms with Gasteiger partial charge in [-0.2, -0.15) is 0 Å². The molecule has 0 bridgehead atoms. The number of rotatable bonds is 8. The number of nitrogens with one attached hydrogen (secondary N) is 1. The summed E-state index contributed by atoms with van der Waals surface area (Å²) in [5.41, 5.74) is 0.357. The lowest BCUT2D eigenvalue weighted by Gasteiger charge is -2.27. The number of benzene rings is 1. The van der Waals surface area contributed by atoms with E-state index in [1.165, 1.54) is 18.3 Å². The fraction of sp³-hybridized carbons (Fsp3) is 0.400. The van der Waals surface area contributed by atoms with Crippen LogP contribution in [0.1, 0.15) is 20.3 Å². The van der Waals surface area contributed by atoms with E-state index in [4.69, 9.17) is 11.6 Å². The Morgan fingerprint density at radius 1 is 1.35 bits per heavy atom. The molecule has 1 heterocycles. The molecule has 0 aliphatic heterocycles. The highest BCUT2D eigenvalue weighted by Crippen LogP contribution is 2.27. The van der Waals surface area contributed by atoms with Crippen LogP contribution >= 0.6 is 34.7 Å². The highest BCUT2D eigenvalue weighted by molar-refractivity contribution is 8.01. The van der Waals surface area contributed by atoms with Crippen molar-refractivity contribution in [1.82, 2.24) is 10.2 Å². The van der Waals surface area contributed by atoms with Gasteiger partial charge in [0.2, 0.25) is 21.1 Å². The van der Waals surface area contributed by atoms with Crippen LogP contribution in [0.25, 0.3) is 0 Å². The molecule has 0 saturated heterocycles. The van der Waals surface area contributed by atoms with Gasteiger partial charge in [0, 0.05) is 10.8 Å². The van der Waals surface area contributed by atoms with Gasteiger partial charge in [0.25, 0.3) is 0 Å². The van der Waals surface area contributed by atoms with E-state index < -0.39 is 22.0 Å². The van der Waals surface area contributed by atoms with Crippen LogP contribution in [0.4, 0.5) is 10.8 Å². The summed E-state index contributed by atoms with van der Waals surface area (Å²) in [4.78, 5) is 12.6. The molecule has 0 aliphatic rings. The summed E-state index contributed by atoms with van der Waals surface area (Å²) in [7, 11) is -3.68. The van der Waals surface area contributed by atoms with E-state index in [9.17, 15) is 13.2 Å². The standard InChI is InChI=1S/C15H19ClN4O3S3/c1-4-9-24-15-19-18-14(25-15)17-13(21)10(2)20(26(3,22)23)12-7-5-11(16)6-8-12/h5-8,10H,4,9H2,1-3H3,(H,17,18,21)/t10-/m1/s1. The van der Waals surface area contributed by atoms with Crippen LogP contribution < -0.4 is 9.62 Å². The Morgan fingerprint density at radius 2 is 2.00 bits per heavy atom. The number of halogens is 1. The van der Waals surface area contributed by atoms with Crippen molar-refractivity contribution in [1.29, 1.82) is 0 Å². The first-order chi connectivity index (χ1) is 12.2. The SMILES string of the molecule is CCCSc1nnc(NC(=O)[C@@H](C)N(c2ccc(Cl)cc2)S(C)(=O)=O)s1. The van der Waals surface area contributed by atoms with Crippen molar-refractivity contribution in [2.75, 3.05) is 21.6 Å². The average molecular weight is 435 g/mol. The van der Waals surface area contributed by atoms with Gasteiger partial charge in [-0.05, 0) is 37.6 Å². The quantitative estimate of drug-likeness (QED) is 0.505. The largest absolute Gasteiger partial charge is 0.299 e. The van der Waals surface area contributed by atoms with Gasteiger partial charge < -0.3 is 0 Å². The smallest absolute Gasteiger partial charge is 0.249 e. The van der Waals surface area contributed by atoms with E-state index in [-0.39, 0.29) is 0 Å². The Bertz CT molecular complexity index is 855. The zero-order valence-electron chi connectivity index (χ0n) is 14.5. The Morgan fingerprint density at radius 3 is 2.58 bits per heavy atom. The van der Waals surface area contributed by atoms with Crippen LogP contribution in [0.3, 0.4) is 0 Å². The van der Waals surface area contributed by atoms with Crippen molar-refractivity contribution in [2.24, 2.45) is 0 Å². The Balaban J connectivity index is 2.17. The normalized spacial score (nSPS) is 12.6. The van der Waals surface area contributed by atoms with E-state index in [0.29, 0.717) is 15.8 Å². The van der Waals surface area contributed by atoms with Crippen molar-refractivity contribution in [3.05, 3.63) is 29.3 Å². The molecule has 2 rings (SSSR count). The first-order valence-corrected chi connectivity index (χ1v) is 11.8. The summed E-state index contributed by atoms with van der Waals surface area (Å²) in [6.45, 7) is 3.58. The third-order valence-corrected chi connectivity index (χ3v) is 6.91. The van der Waals surface area contributed by atoms with E-state index >= 15 is 0 Å². The highest BCUT2D eigenvalue weighted by Gasteiger charge is 2.29. The lowest BCUT2D eigenvalue weighted by atomic mass is 10.2. The summed E-state index contributed by atoms with van der Waals surface area (Å²) in [5, 5.41) is 11.4. The van der Waals surface area contributed by atoms with Gasteiger partial charge in [0.05, 0.1) is 11.9 Å². The molecular weight excluding hydrogens is 416 g/mol. The van der Waals surface area contributed by atoms with E-state index in [1.807, 2.05) is 0 Å². The number of anilines is 2. The summed E-state index contributed by atoms with van der Waals surface area (Å²) < 4.78 is 26.2. The number of sulfonamides is 1. The maximum absolute atomic E-state index is 12.6. The molecule has 0 aliphatic carbocycles. The molecule has 1 atom stereocenters. The molecule has 11 heteroatoms. The summed E-state index contributed by atoms with van der Waals surface area (Å²) in [6, 6.07) is 5.28. The predicted molar refractivity (Wildman–Crippen MR) is 108 cm³/mol. The minimum Gasteiger partial charge on any atom is -0.299 e. The molecule has 0 fully saturated rings. The lowest BCUT2D eigenvalue weighted by molar-refractivity contribution is -0.116. The molecule has 26 heavy (non-hydrogen) atoms. The van der Waals surface area contributed by atoms with Gasteiger partial charge in [-0.25, -0.2) is 8.42 Å². The van der Waals surface area contributed by atoms with Gasteiger partial charge in [0.1, 0.15) is 6.04 Å². The molecule has 1 aromatic carbocycles. The second kappa shape index (κ2) is 9.03. The molecule has 0 spiro atoms. The molecule has 7 nitrogen and oxygen atoms in total. The number of hydrogen-bond donors (Lipinski definition) is 1. The molecule has 1 N–H and O–H groups in total. The summed E-state index contributed by atoms with van der Waals surface area (Å²) in [6.07, 6.45) is 2.06. The van der Waals surface area contributed by atoms with Crippen molar-refractivity contribution < 1.29 is 13.2 Å². The Hall–Kier alpha value is -1.36. The molecule has 0 saturated carbocycles. The molecule has 2 aromatic rings. The summed E-state index contributed by atoms with van der Waals surface area (Å²) in [5.74, 6) is 0.422. The van der Waals surface area contributed by atoms with Gasteiger partial charge in [-0.1, -0.05) is 41.6 Å². The minimum absolute atomic E-state index is 0.338. The monoisotopic (exact) mass is 434 g/mol. The zero-order chi connectivity index (χ0) is 19.3. The van der Waals surface area contributed by atoms with Gasteiger partial charge >= 0.3 is 0 Å². The van der Waals surface area contributed by atoms with Gasteiger partial charge in [-0.15, -0.1) is 10.2 Å². The average Bonchev–Trinajstić information content (AvgIpc) is 3.01. The minimum atomic E-state index is -3.68. The first kappa shape index (κ1) is 20.9. The van der Waals surface area contributed by atoms with Crippen LogP contribution in [0.2, 0.25) is 5.02 Å². The maximum Gasteiger partial charge on any atom is 0.249 e.